The van der Waals surface area contributed by atoms with Crippen molar-refractivity contribution in [3.8, 4) is 5.75 Å². The normalized spacial score (nSPS) is 15.1. The van der Waals surface area contributed by atoms with Crippen LogP contribution in [-0.4, -0.2) is 38.1 Å². The van der Waals surface area contributed by atoms with Gasteiger partial charge in [-0.05, 0) is 37.0 Å². The van der Waals surface area contributed by atoms with Crippen molar-refractivity contribution in [2.75, 3.05) is 21.2 Å². The molecule has 0 saturated heterocycles. The summed E-state index contributed by atoms with van der Waals surface area (Å²) in [5, 5.41) is 3.50. The van der Waals surface area contributed by atoms with Gasteiger partial charge >= 0.3 is 0 Å². The molecule has 0 heterocycles. The first-order valence-electron chi connectivity index (χ1n) is 6.80. The van der Waals surface area contributed by atoms with Crippen molar-refractivity contribution in [1.82, 2.24) is 10.2 Å². The van der Waals surface area contributed by atoms with Crippen LogP contribution in [0.4, 0.5) is 0 Å². The summed E-state index contributed by atoms with van der Waals surface area (Å²) in [5.74, 6) is 1.86. The van der Waals surface area contributed by atoms with E-state index in [1.807, 2.05) is 19.2 Å². The fourth-order valence-electron chi connectivity index (χ4n) is 2.20. The van der Waals surface area contributed by atoms with E-state index in [4.69, 9.17) is 4.74 Å². The molecule has 4 nitrogen and oxygen atoms in total. The third-order valence-electron chi connectivity index (χ3n) is 3.57. The van der Waals surface area contributed by atoms with E-state index < -0.39 is 0 Å². The van der Waals surface area contributed by atoms with E-state index in [0.717, 1.165) is 18.3 Å². The molecule has 0 aromatic heterocycles. The van der Waals surface area contributed by atoms with Crippen molar-refractivity contribution in [3.05, 3.63) is 29.8 Å². The van der Waals surface area contributed by atoms with Crippen LogP contribution in [0.5, 0.6) is 5.75 Å². The second-order valence-corrected chi connectivity index (χ2v) is 5.03. The van der Waals surface area contributed by atoms with Crippen LogP contribution in [0, 0.1) is 0 Å². The molecule has 0 spiro atoms. The maximum atomic E-state index is 5.25. The third-order valence-corrected chi connectivity index (χ3v) is 3.57. The summed E-state index contributed by atoms with van der Waals surface area (Å²) in [7, 11) is 5.59. The number of rotatable bonds is 4. The summed E-state index contributed by atoms with van der Waals surface area (Å²) in [4.78, 5) is 6.49. The zero-order valence-corrected chi connectivity index (χ0v) is 14.8. The zero-order chi connectivity index (χ0) is 13.7. The molecular formula is C15H24IN3O. The Bertz CT molecular complexity index is 446. The van der Waals surface area contributed by atoms with Crippen molar-refractivity contribution in [2.45, 2.75) is 31.8 Å². The standard InChI is InChI=1S/C15H23N3O.HI/c1-16-15(17-13-7-5-8-13)18(2)11-12-6-4-9-14(10-12)19-3;/h4,6,9-10,13H,5,7-8,11H2,1-3H3,(H,16,17);1H. The van der Waals surface area contributed by atoms with E-state index in [0.29, 0.717) is 6.04 Å². The molecule has 0 aliphatic heterocycles. The Labute approximate surface area is 138 Å². The predicted molar refractivity (Wildman–Crippen MR) is 94.0 cm³/mol. The highest BCUT2D eigenvalue weighted by molar-refractivity contribution is 14.0. The molecular weight excluding hydrogens is 365 g/mol. The van der Waals surface area contributed by atoms with Gasteiger partial charge in [-0.2, -0.15) is 0 Å². The van der Waals surface area contributed by atoms with Crippen LogP contribution in [0.15, 0.2) is 29.3 Å². The van der Waals surface area contributed by atoms with Gasteiger partial charge in [0.1, 0.15) is 5.75 Å². The van der Waals surface area contributed by atoms with Crippen LogP contribution in [0.25, 0.3) is 0 Å². The second kappa shape index (κ2) is 8.34. The minimum Gasteiger partial charge on any atom is -0.497 e. The quantitative estimate of drug-likeness (QED) is 0.489. The van der Waals surface area contributed by atoms with Gasteiger partial charge < -0.3 is 15.0 Å². The summed E-state index contributed by atoms with van der Waals surface area (Å²) in [5.41, 5.74) is 1.22. The van der Waals surface area contributed by atoms with Gasteiger partial charge in [-0.15, -0.1) is 24.0 Å². The Morgan fingerprint density at radius 2 is 2.20 bits per heavy atom. The van der Waals surface area contributed by atoms with E-state index in [9.17, 15) is 0 Å². The maximum absolute atomic E-state index is 5.25. The summed E-state index contributed by atoms with van der Waals surface area (Å²) >= 11 is 0. The van der Waals surface area contributed by atoms with Crippen LogP contribution in [0.1, 0.15) is 24.8 Å². The van der Waals surface area contributed by atoms with Crippen LogP contribution in [-0.2, 0) is 6.54 Å². The fourth-order valence-corrected chi connectivity index (χ4v) is 2.20. The highest BCUT2D eigenvalue weighted by Crippen LogP contribution is 2.19. The van der Waals surface area contributed by atoms with E-state index in [1.165, 1.54) is 24.8 Å². The highest BCUT2D eigenvalue weighted by atomic mass is 127. The topological polar surface area (TPSA) is 36.9 Å². The van der Waals surface area contributed by atoms with Crippen LogP contribution in [0.2, 0.25) is 0 Å². The summed E-state index contributed by atoms with van der Waals surface area (Å²) in [6.45, 7) is 0.823. The summed E-state index contributed by atoms with van der Waals surface area (Å²) in [6.07, 6.45) is 3.84. The predicted octanol–water partition coefficient (Wildman–Crippen LogP) is 2.87. The number of hydrogen-bond acceptors (Lipinski definition) is 2. The Morgan fingerprint density at radius 1 is 1.45 bits per heavy atom. The molecule has 0 radical (unpaired) electrons. The van der Waals surface area contributed by atoms with Crippen LogP contribution in [0.3, 0.4) is 0 Å². The van der Waals surface area contributed by atoms with Crippen molar-refractivity contribution < 1.29 is 4.74 Å². The number of nitrogens with zero attached hydrogens (tertiary/aromatic N) is 2. The lowest BCUT2D eigenvalue weighted by Crippen LogP contribution is -2.46. The van der Waals surface area contributed by atoms with Crippen LogP contribution < -0.4 is 10.1 Å². The number of guanidine groups is 1. The fraction of sp³-hybridized carbons (Fsp3) is 0.533. The number of aliphatic imine (C=N–C) groups is 1. The minimum absolute atomic E-state index is 0. The molecule has 5 heteroatoms. The first kappa shape index (κ1) is 17.1. The van der Waals surface area contributed by atoms with Crippen molar-refractivity contribution in [2.24, 2.45) is 4.99 Å². The second-order valence-electron chi connectivity index (χ2n) is 5.03. The van der Waals surface area contributed by atoms with Gasteiger partial charge in [0, 0.05) is 26.7 Å². The van der Waals surface area contributed by atoms with Gasteiger partial charge in [-0.1, -0.05) is 12.1 Å². The van der Waals surface area contributed by atoms with E-state index in [2.05, 4.69) is 34.4 Å². The Hall–Kier alpha value is -0.980. The molecule has 20 heavy (non-hydrogen) atoms. The zero-order valence-electron chi connectivity index (χ0n) is 12.4. The molecule has 1 fully saturated rings. The maximum Gasteiger partial charge on any atom is 0.193 e. The van der Waals surface area contributed by atoms with Gasteiger partial charge in [0.25, 0.3) is 0 Å². The largest absolute Gasteiger partial charge is 0.497 e. The number of ether oxygens (including phenoxy) is 1. The molecule has 0 unspecified atom stereocenters. The van der Waals surface area contributed by atoms with E-state index in [1.54, 1.807) is 7.11 Å². The lowest BCUT2D eigenvalue weighted by atomic mass is 9.93. The van der Waals surface area contributed by atoms with Crippen LogP contribution >= 0.6 is 24.0 Å². The van der Waals surface area contributed by atoms with Gasteiger partial charge in [-0.25, -0.2) is 0 Å². The molecule has 0 amide bonds. The van der Waals surface area contributed by atoms with Crippen molar-refractivity contribution in [3.63, 3.8) is 0 Å². The average Bonchev–Trinajstić information content (AvgIpc) is 2.37. The number of hydrogen-bond donors (Lipinski definition) is 1. The van der Waals surface area contributed by atoms with E-state index >= 15 is 0 Å². The van der Waals surface area contributed by atoms with Gasteiger partial charge in [0.15, 0.2) is 5.96 Å². The first-order chi connectivity index (χ1) is 9.22. The Balaban J connectivity index is 0.00000200. The molecule has 2 rings (SSSR count). The molecule has 0 atom stereocenters. The minimum atomic E-state index is 0. The SMILES string of the molecule is CN=C(NC1CCC1)N(C)Cc1cccc(OC)c1.I. The van der Waals surface area contributed by atoms with E-state index in [-0.39, 0.29) is 24.0 Å². The van der Waals surface area contributed by atoms with Crippen molar-refractivity contribution in [1.29, 1.82) is 0 Å². The van der Waals surface area contributed by atoms with Gasteiger partial charge in [0.05, 0.1) is 7.11 Å². The first-order valence-corrected chi connectivity index (χ1v) is 6.80. The smallest absolute Gasteiger partial charge is 0.193 e. The Kier molecular flexibility index (Phi) is 7.12. The number of methoxy groups -OCH3 is 1. The molecule has 112 valence electrons. The highest BCUT2D eigenvalue weighted by Gasteiger charge is 2.19. The number of halogens is 1. The molecule has 1 saturated carbocycles. The summed E-state index contributed by atoms with van der Waals surface area (Å²) in [6, 6.07) is 8.75. The van der Waals surface area contributed by atoms with Gasteiger partial charge in [0.2, 0.25) is 0 Å². The summed E-state index contributed by atoms with van der Waals surface area (Å²) < 4.78 is 5.25. The van der Waals surface area contributed by atoms with Gasteiger partial charge in [-0.3, -0.25) is 4.99 Å². The molecule has 1 aromatic rings. The van der Waals surface area contributed by atoms with Crippen molar-refractivity contribution >= 4 is 29.9 Å². The average molecular weight is 389 g/mol. The molecule has 1 aliphatic carbocycles. The Morgan fingerprint density at radius 3 is 2.75 bits per heavy atom. The molecule has 1 aromatic carbocycles. The number of nitrogens with one attached hydrogen (secondary N) is 1. The molecule has 1 aliphatic rings. The molecule has 0 bridgehead atoms. The lowest BCUT2D eigenvalue weighted by Gasteiger charge is -2.31. The lowest BCUT2D eigenvalue weighted by molar-refractivity contribution is 0.359. The molecule has 1 N–H and O–H groups in total. The number of benzene rings is 1. The third kappa shape index (κ3) is 4.54. The monoisotopic (exact) mass is 389 g/mol.